The summed E-state index contributed by atoms with van der Waals surface area (Å²) in [5, 5.41) is 4.82. The molecule has 0 fully saturated rings. The second-order valence-corrected chi connectivity index (χ2v) is 23.4. The highest BCUT2D eigenvalue weighted by molar-refractivity contribution is 7.17. The van der Waals surface area contributed by atoms with Gasteiger partial charge in [0.2, 0.25) is 5.88 Å². The zero-order valence-electron chi connectivity index (χ0n) is 41.5. The average molecular weight is 893 g/mol. The van der Waals surface area contributed by atoms with E-state index in [1.165, 1.54) is 121 Å². The van der Waals surface area contributed by atoms with Crippen molar-refractivity contribution in [2.75, 3.05) is 9.80 Å². The molecular weight excluding hydrogens is 832 g/mol. The van der Waals surface area contributed by atoms with Gasteiger partial charge in [0.05, 0.1) is 11.4 Å². The molecule has 0 bridgehead atoms. The third-order valence-electron chi connectivity index (χ3n) is 14.5. The Morgan fingerprint density at radius 2 is 1.09 bits per heavy atom. The smallest absolute Gasteiger partial charge is 0.257 e. The van der Waals surface area contributed by atoms with Crippen LogP contribution in [-0.4, -0.2) is 6.71 Å². The summed E-state index contributed by atoms with van der Waals surface area (Å²) in [5.74, 6) is 0.909. The average Bonchev–Trinajstić information content (AvgIpc) is 3.88. The van der Waals surface area contributed by atoms with Gasteiger partial charge in [-0.15, -0.1) is 11.3 Å². The van der Waals surface area contributed by atoms with E-state index in [9.17, 15) is 0 Å². The van der Waals surface area contributed by atoms with E-state index >= 15 is 0 Å². The maximum atomic E-state index is 7.37. The van der Waals surface area contributed by atoms with Crippen LogP contribution in [0.25, 0.3) is 43.3 Å². The Morgan fingerprint density at radius 3 is 1.76 bits per heavy atom. The normalized spacial score (nSPS) is 13.7. The lowest BCUT2D eigenvalue weighted by Gasteiger charge is -2.44. The van der Waals surface area contributed by atoms with Gasteiger partial charge in [-0.25, -0.2) is 0 Å². The fourth-order valence-electron chi connectivity index (χ4n) is 11.0. The van der Waals surface area contributed by atoms with Crippen molar-refractivity contribution in [2.45, 2.75) is 106 Å². The summed E-state index contributed by atoms with van der Waals surface area (Å²) in [4.78, 5) is 5.13. The van der Waals surface area contributed by atoms with Crippen LogP contribution in [0.5, 0.6) is 0 Å². The standard InChI is InChI=1S/C62H61BN2OS/c1-36-27-51-56-52(28-36)65(57-37(2)29-43(30-38(57)3)61(8,9)10)59-55(47-33-42(60(5,6)7)24-26-53(47)66-59)63(56)49-32-41(48-35-67-54-22-18-17-21-45(48)54)23-25-50(49)64(51)58-39(4)31-44(62(11,12)13)34-46(58)40-19-15-14-16-20-40/h14-35H,1-13H3. The van der Waals surface area contributed by atoms with E-state index in [2.05, 4.69) is 233 Å². The molecule has 9 aromatic rings. The Bertz CT molecular complexity index is 3450. The van der Waals surface area contributed by atoms with E-state index in [0.29, 0.717) is 0 Å². The van der Waals surface area contributed by atoms with Crippen molar-refractivity contribution in [3.63, 3.8) is 0 Å². The Labute approximate surface area is 402 Å². The molecule has 7 aromatic carbocycles. The largest absolute Gasteiger partial charge is 0.440 e. The van der Waals surface area contributed by atoms with Gasteiger partial charge in [-0.1, -0.05) is 147 Å². The number of hydrogen-bond donors (Lipinski definition) is 0. The van der Waals surface area contributed by atoms with Crippen LogP contribution in [-0.2, 0) is 16.2 Å². The molecule has 2 aliphatic rings. The lowest BCUT2D eigenvalue weighted by molar-refractivity contribution is 0.588. The van der Waals surface area contributed by atoms with Crippen LogP contribution in [0.4, 0.5) is 34.3 Å². The summed E-state index contributed by atoms with van der Waals surface area (Å²) in [6.45, 7) is 29.9. The van der Waals surface area contributed by atoms with E-state index in [4.69, 9.17) is 4.42 Å². The molecule has 0 unspecified atom stereocenters. The van der Waals surface area contributed by atoms with E-state index in [1.807, 2.05) is 11.3 Å². The monoisotopic (exact) mass is 892 g/mol. The Hall–Kier alpha value is -6.30. The molecule has 0 N–H and O–H groups in total. The molecule has 0 aliphatic carbocycles. The van der Waals surface area contributed by atoms with E-state index < -0.39 is 0 Å². The number of thiophene rings is 1. The van der Waals surface area contributed by atoms with Gasteiger partial charge >= 0.3 is 0 Å². The molecule has 0 amide bonds. The number of furan rings is 1. The minimum absolute atomic E-state index is 0.00395. The number of fused-ring (bicyclic) bond motifs is 7. The molecule has 0 radical (unpaired) electrons. The summed E-state index contributed by atoms with van der Waals surface area (Å²) < 4.78 is 8.67. The molecule has 0 spiro atoms. The highest BCUT2D eigenvalue weighted by Gasteiger charge is 2.47. The zero-order chi connectivity index (χ0) is 47.1. The van der Waals surface area contributed by atoms with Gasteiger partial charge < -0.3 is 9.32 Å². The number of anilines is 6. The van der Waals surface area contributed by atoms with Gasteiger partial charge in [0.25, 0.3) is 6.71 Å². The number of hydrogen-bond acceptors (Lipinski definition) is 4. The van der Waals surface area contributed by atoms with Crippen LogP contribution >= 0.6 is 11.3 Å². The molecule has 0 atom stereocenters. The Kier molecular flexibility index (Phi) is 9.76. The number of benzene rings is 7. The van der Waals surface area contributed by atoms with Crippen LogP contribution in [0.15, 0.2) is 137 Å². The first-order valence-electron chi connectivity index (χ1n) is 24.0. The van der Waals surface area contributed by atoms with Crippen LogP contribution in [0.3, 0.4) is 0 Å². The topological polar surface area (TPSA) is 19.6 Å². The lowest BCUT2D eigenvalue weighted by Crippen LogP contribution is -2.61. The second-order valence-electron chi connectivity index (χ2n) is 22.5. The van der Waals surface area contributed by atoms with Gasteiger partial charge in [0, 0.05) is 49.1 Å². The first-order valence-corrected chi connectivity index (χ1v) is 24.9. The SMILES string of the molecule is Cc1cc2c3c(c1)N(c1c(C)cc(C(C)(C)C)cc1C)c1oc4ccc(C(C)(C)C)cc4c1B3c1cc(-c3csc4ccccc34)ccc1N2c1c(C)cc(C(C)(C)C)cc1-c1ccccc1. The highest BCUT2D eigenvalue weighted by atomic mass is 32.1. The number of rotatable bonds is 4. The minimum Gasteiger partial charge on any atom is -0.440 e. The van der Waals surface area contributed by atoms with Crippen LogP contribution in [0.1, 0.15) is 101 Å². The molecule has 0 saturated heterocycles. The van der Waals surface area contributed by atoms with Gasteiger partial charge in [0.1, 0.15) is 5.58 Å². The highest BCUT2D eigenvalue weighted by Crippen LogP contribution is 2.51. The molecule has 3 nitrogen and oxygen atoms in total. The van der Waals surface area contributed by atoms with Crippen molar-refractivity contribution in [1.29, 1.82) is 0 Å². The molecule has 4 heterocycles. The molecule has 5 heteroatoms. The molecule has 2 aliphatic heterocycles. The molecule has 2 aromatic heterocycles. The Balaban J connectivity index is 1.30. The van der Waals surface area contributed by atoms with Crippen molar-refractivity contribution in [1.82, 2.24) is 0 Å². The molecule has 0 saturated carbocycles. The first kappa shape index (κ1) is 43.3. The molecule has 11 rings (SSSR count). The third kappa shape index (κ3) is 6.90. The van der Waals surface area contributed by atoms with Gasteiger partial charge in [-0.3, -0.25) is 4.90 Å². The summed E-state index contributed by atoms with van der Waals surface area (Å²) in [7, 11) is 0. The number of aryl methyl sites for hydroxylation is 4. The molecular formula is C62H61BN2OS. The minimum atomic E-state index is -0.117. The van der Waals surface area contributed by atoms with Crippen LogP contribution in [0.2, 0.25) is 0 Å². The van der Waals surface area contributed by atoms with Crippen molar-refractivity contribution >= 4 is 89.8 Å². The summed E-state index contributed by atoms with van der Waals surface area (Å²) >= 11 is 1.83. The fourth-order valence-corrected chi connectivity index (χ4v) is 12.0. The van der Waals surface area contributed by atoms with E-state index in [0.717, 1.165) is 11.5 Å². The van der Waals surface area contributed by atoms with Crippen molar-refractivity contribution < 1.29 is 4.42 Å². The van der Waals surface area contributed by atoms with Crippen LogP contribution in [0, 0.1) is 27.7 Å². The van der Waals surface area contributed by atoms with Crippen molar-refractivity contribution in [2.24, 2.45) is 0 Å². The van der Waals surface area contributed by atoms with Crippen molar-refractivity contribution in [3.8, 4) is 22.3 Å². The first-order chi connectivity index (χ1) is 31.8. The number of nitrogens with zero attached hydrogens (tertiary/aromatic N) is 2. The lowest BCUT2D eigenvalue weighted by atomic mass is 9.33. The van der Waals surface area contributed by atoms with E-state index in [-0.39, 0.29) is 23.0 Å². The molecule has 334 valence electrons. The van der Waals surface area contributed by atoms with Crippen LogP contribution < -0.4 is 26.2 Å². The quantitative estimate of drug-likeness (QED) is 0.164. The van der Waals surface area contributed by atoms with Crippen molar-refractivity contribution in [3.05, 3.63) is 172 Å². The van der Waals surface area contributed by atoms with Gasteiger partial charge in [0.15, 0.2) is 0 Å². The second kappa shape index (κ2) is 15.1. The summed E-state index contributed by atoms with van der Waals surface area (Å²) in [6, 6.07) is 48.7. The maximum absolute atomic E-state index is 7.37. The Morgan fingerprint density at radius 1 is 0.478 bits per heavy atom. The maximum Gasteiger partial charge on any atom is 0.257 e. The predicted molar refractivity (Wildman–Crippen MR) is 292 cm³/mol. The molecule has 67 heavy (non-hydrogen) atoms. The summed E-state index contributed by atoms with van der Waals surface area (Å²) in [5.41, 5.74) is 24.5. The fraction of sp³-hybridized carbons (Fsp3) is 0.258. The van der Waals surface area contributed by atoms with Gasteiger partial charge in [-0.2, -0.15) is 0 Å². The zero-order valence-corrected chi connectivity index (χ0v) is 42.3. The summed E-state index contributed by atoms with van der Waals surface area (Å²) in [6.07, 6.45) is 0. The predicted octanol–water partition coefficient (Wildman–Crippen LogP) is 16.2. The third-order valence-corrected chi connectivity index (χ3v) is 15.5. The van der Waals surface area contributed by atoms with E-state index in [1.54, 1.807) is 0 Å². The van der Waals surface area contributed by atoms with Gasteiger partial charge in [-0.05, 0) is 153 Å².